The molecule has 1 aliphatic carbocycles. The van der Waals surface area contributed by atoms with Crippen LogP contribution in [-0.4, -0.2) is 35.9 Å². The van der Waals surface area contributed by atoms with Crippen LogP contribution in [0.2, 0.25) is 0 Å². The lowest BCUT2D eigenvalue weighted by Gasteiger charge is -2.23. The molecule has 5 nitrogen and oxygen atoms in total. The molecule has 6 heteroatoms. The van der Waals surface area contributed by atoms with Crippen LogP contribution in [0.5, 0.6) is 0 Å². The third kappa shape index (κ3) is 2.70. The Morgan fingerprint density at radius 1 is 1.43 bits per heavy atom. The Balaban J connectivity index is 1.66. The zero-order valence-electron chi connectivity index (χ0n) is 13.3. The summed E-state index contributed by atoms with van der Waals surface area (Å²) in [4.78, 5) is 20.8. The van der Waals surface area contributed by atoms with E-state index in [-0.39, 0.29) is 5.91 Å². The van der Waals surface area contributed by atoms with E-state index in [1.54, 1.807) is 7.05 Å². The Bertz CT molecular complexity index is 752. The zero-order chi connectivity index (χ0) is 16.0. The van der Waals surface area contributed by atoms with Crippen LogP contribution >= 0.6 is 11.3 Å². The van der Waals surface area contributed by atoms with E-state index in [1.807, 2.05) is 6.07 Å². The van der Waals surface area contributed by atoms with Gasteiger partial charge >= 0.3 is 0 Å². The Kier molecular flexibility index (Phi) is 3.73. The van der Waals surface area contributed by atoms with Crippen molar-refractivity contribution in [1.82, 2.24) is 15.2 Å². The van der Waals surface area contributed by atoms with Gasteiger partial charge in [0.2, 0.25) is 0 Å². The van der Waals surface area contributed by atoms with E-state index in [0.717, 1.165) is 21.8 Å². The molecule has 3 heterocycles. The number of carbonyl (C=O) groups excluding carboxylic acids is 1. The minimum Gasteiger partial charge on any atom is -0.397 e. The number of hydrogen-bond donors (Lipinski definition) is 2. The van der Waals surface area contributed by atoms with Gasteiger partial charge in [-0.3, -0.25) is 9.69 Å². The van der Waals surface area contributed by atoms with Crippen molar-refractivity contribution in [3.8, 4) is 0 Å². The minimum absolute atomic E-state index is 0.136. The SMILES string of the molecule is CNC(=O)c1sc2nc(C3CCCN3CC3CC3)ccc2c1N. The molecule has 122 valence electrons. The lowest BCUT2D eigenvalue weighted by Crippen LogP contribution is -2.26. The van der Waals surface area contributed by atoms with Gasteiger partial charge in [0.15, 0.2) is 0 Å². The van der Waals surface area contributed by atoms with Crippen LogP contribution in [0.25, 0.3) is 10.2 Å². The number of anilines is 1. The van der Waals surface area contributed by atoms with E-state index in [9.17, 15) is 4.79 Å². The maximum atomic E-state index is 11.9. The van der Waals surface area contributed by atoms with Gasteiger partial charge in [-0.05, 0) is 50.3 Å². The standard InChI is InChI=1S/C17H22N4OS/c1-19-16(22)15-14(18)11-6-7-12(20-17(11)23-15)13-3-2-8-21(13)9-10-4-5-10/h6-7,10,13H,2-5,8-9,18H2,1H3,(H,19,22). The second-order valence-corrected chi connectivity index (χ2v) is 7.61. The quantitative estimate of drug-likeness (QED) is 0.904. The van der Waals surface area contributed by atoms with Crippen molar-refractivity contribution < 1.29 is 4.79 Å². The van der Waals surface area contributed by atoms with E-state index >= 15 is 0 Å². The number of carbonyl (C=O) groups is 1. The molecule has 0 spiro atoms. The second kappa shape index (κ2) is 5.76. The van der Waals surface area contributed by atoms with Crippen LogP contribution in [0, 0.1) is 5.92 Å². The van der Waals surface area contributed by atoms with Gasteiger partial charge in [-0.2, -0.15) is 0 Å². The van der Waals surface area contributed by atoms with Crippen LogP contribution in [0.1, 0.15) is 47.1 Å². The highest BCUT2D eigenvalue weighted by Gasteiger charge is 2.32. The van der Waals surface area contributed by atoms with E-state index in [2.05, 4.69) is 16.3 Å². The highest BCUT2D eigenvalue weighted by atomic mass is 32.1. The summed E-state index contributed by atoms with van der Waals surface area (Å²) < 4.78 is 0. The molecule has 4 rings (SSSR count). The average Bonchev–Trinajstić information content (AvgIpc) is 3.15. The summed E-state index contributed by atoms with van der Waals surface area (Å²) in [6, 6.07) is 4.55. The van der Waals surface area contributed by atoms with Crippen LogP contribution < -0.4 is 11.1 Å². The maximum absolute atomic E-state index is 11.9. The molecule has 2 aromatic heterocycles. The molecule has 1 aliphatic heterocycles. The average molecular weight is 330 g/mol. The number of likely N-dealkylation sites (tertiary alicyclic amines) is 1. The molecular weight excluding hydrogens is 308 g/mol. The molecule has 1 saturated carbocycles. The van der Waals surface area contributed by atoms with Crippen molar-refractivity contribution in [2.45, 2.75) is 31.7 Å². The van der Waals surface area contributed by atoms with E-state index in [0.29, 0.717) is 16.6 Å². The molecule has 2 aliphatic rings. The number of amides is 1. The van der Waals surface area contributed by atoms with Crippen LogP contribution in [-0.2, 0) is 0 Å². The normalized spacial score (nSPS) is 21.9. The number of hydrogen-bond acceptors (Lipinski definition) is 5. The van der Waals surface area contributed by atoms with Gasteiger partial charge in [0.1, 0.15) is 9.71 Å². The van der Waals surface area contributed by atoms with Crippen LogP contribution in [0.4, 0.5) is 5.69 Å². The summed E-state index contributed by atoms with van der Waals surface area (Å²) in [5, 5.41) is 3.54. The maximum Gasteiger partial charge on any atom is 0.263 e. The zero-order valence-corrected chi connectivity index (χ0v) is 14.2. The van der Waals surface area contributed by atoms with Crippen molar-refractivity contribution in [3.05, 3.63) is 22.7 Å². The van der Waals surface area contributed by atoms with Gasteiger partial charge < -0.3 is 11.1 Å². The van der Waals surface area contributed by atoms with Crippen molar-refractivity contribution in [2.24, 2.45) is 5.92 Å². The second-order valence-electron chi connectivity index (χ2n) is 6.61. The molecular formula is C17H22N4OS. The summed E-state index contributed by atoms with van der Waals surface area (Å²) in [5.41, 5.74) is 7.79. The fourth-order valence-corrected chi connectivity index (χ4v) is 4.54. The number of nitrogens with one attached hydrogen (secondary N) is 1. The highest BCUT2D eigenvalue weighted by molar-refractivity contribution is 7.21. The molecule has 1 atom stereocenters. The number of pyridine rings is 1. The Morgan fingerprint density at radius 2 is 2.26 bits per heavy atom. The third-order valence-electron chi connectivity index (χ3n) is 4.94. The number of nitrogens with zero attached hydrogens (tertiary/aromatic N) is 2. The molecule has 0 aromatic carbocycles. The lowest BCUT2D eigenvalue weighted by atomic mass is 10.1. The minimum atomic E-state index is -0.136. The fraction of sp³-hybridized carbons (Fsp3) is 0.529. The molecule has 3 N–H and O–H groups in total. The molecule has 2 fully saturated rings. The van der Waals surface area contributed by atoms with Gasteiger partial charge in [-0.1, -0.05) is 0 Å². The summed E-state index contributed by atoms with van der Waals surface area (Å²) in [7, 11) is 1.62. The Labute approximate surface area is 139 Å². The largest absolute Gasteiger partial charge is 0.397 e. The van der Waals surface area contributed by atoms with Crippen molar-refractivity contribution in [1.29, 1.82) is 0 Å². The lowest BCUT2D eigenvalue weighted by molar-refractivity contribution is 0.0968. The van der Waals surface area contributed by atoms with Crippen molar-refractivity contribution in [2.75, 3.05) is 25.9 Å². The summed E-state index contributed by atoms with van der Waals surface area (Å²) in [6.45, 7) is 2.39. The number of fused-ring (bicyclic) bond motifs is 1. The Hall–Kier alpha value is -1.66. The molecule has 1 amide bonds. The molecule has 1 unspecified atom stereocenters. The molecule has 0 bridgehead atoms. The van der Waals surface area contributed by atoms with Gasteiger partial charge in [0.05, 0.1) is 17.4 Å². The van der Waals surface area contributed by atoms with Crippen molar-refractivity contribution in [3.63, 3.8) is 0 Å². The first-order valence-electron chi connectivity index (χ1n) is 8.32. The van der Waals surface area contributed by atoms with Gasteiger partial charge in [-0.15, -0.1) is 11.3 Å². The first-order chi connectivity index (χ1) is 11.2. The number of nitrogens with two attached hydrogens (primary N) is 1. The number of thiophene rings is 1. The topological polar surface area (TPSA) is 71.2 Å². The van der Waals surface area contributed by atoms with Crippen LogP contribution in [0.3, 0.4) is 0 Å². The highest BCUT2D eigenvalue weighted by Crippen LogP contribution is 2.39. The number of nitrogen functional groups attached to an aromatic ring is 1. The predicted octanol–water partition coefficient (Wildman–Crippen LogP) is 2.79. The van der Waals surface area contributed by atoms with Crippen LogP contribution in [0.15, 0.2) is 12.1 Å². The Morgan fingerprint density at radius 3 is 3.00 bits per heavy atom. The smallest absolute Gasteiger partial charge is 0.263 e. The van der Waals surface area contributed by atoms with E-state index in [1.165, 1.54) is 50.1 Å². The predicted molar refractivity (Wildman–Crippen MR) is 93.7 cm³/mol. The van der Waals surface area contributed by atoms with Gasteiger partial charge in [-0.25, -0.2) is 4.98 Å². The summed E-state index contributed by atoms with van der Waals surface area (Å²) in [6.07, 6.45) is 5.18. The third-order valence-corrected chi connectivity index (χ3v) is 6.06. The van der Waals surface area contributed by atoms with Gasteiger partial charge in [0, 0.05) is 19.0 Å². The number of rotatable bonds is 4. The molecule has 23 heavy (non-hydrogen) atoms. The van der Waals surface area contributed by atoms with Gasteiger partial charge in [0.25, 0.3) is 5.91 Å². The number of aromatic nitrogens is 1. The summed E-state index contributed by atoms with van der Waals surface area (Å²) >= 11 is 1.39. The molecule has 1 saturated heterocycles. The first-order valence-corrected chi connectivity index (χ1v) is 9.14. The fourth-order valence-electron chi connectivity index (χ4n) is 3.49. The van der Waals surface area contributed by atoms with E-state index < -0.39 is 0 Å². The first kappa shape index (κ1) is 14.9. The monoisotopic (exact) mass is 330 g/mol. The summed E-state index contributed by atoms with van der Waals surface area (Å²) in [5.74, 6) is 0.764. The van der Waals surface area contributed by atoms with Crippen molar-refractivity contribution >= 4 is 33.1 Å². The molecule has 0 radical (unpaired) electrons. The molecule has 2 aromatic rings. The van der Waals surface area contributed by atoms with E-state index in [4.69, 9.17) is 10.7 Å².